The maximum absolute atomic E-state index is 11.4. The molecule has 0 aromatic heterocycles. The molecule has 0 fully saturated rings. The van der Waals surface area contributed by atoms with E-state index < -0.39 is 16.3 Å². The normalized spacial score (nSPS) is 11.7. The molecule has 0 spiro atoms. The van der Waals surface area contributed by atoms with Crippen molar-refractivity contribution < 1.29 is 14.8 Å². The molecule has 17 heavy (non-hydrogen) atoms. The zero-order valence-corrected chi connectivity index (χ0v) is 9.58. The Labute approximate surface area is 98.5 Å². The number of nitrogens with zero attached hydrogens (tertiary/aromatic N) is 1. The number of aliphatic hydroxyl groups is 1. The lowest BCUT2D eigenvalue weighted by Gasteiger charge is -2.11. The number of non-ortho nitro benzene ring substituents is 1. The molecule has 5 heteroatoms. The van der Waals surface area contributed by atoms with E-state index in [-0.39, 0.29) is 5.69 Å². The third-order valence-electron chi connectivity index (χ3n) is 2.13. The Morgan fingerprint density at radius 2 is 1.88 bits per heavy atom. The molecular formula is C12H13NO4. The largest absolute Gasteiger partial charge is 0.382 e. The molecule has 1 aromatic rings. The Bertz CT molecular complexity index is 454. The van der Waals surface area contributed by atoms with Crippen molar-refractivity contribution >= 4 is 17.5 Å². The summed E-state index contributed by atoms with van der Waals surface area (Å²) in [7, 11) is 0. The minimum Gasteiger partial charge on any atom is -0.382 e. The maximum atomic E-state index is 11.4. The van der Waals surface area contributed by atoms with E-state index in [9.17, 15) is 20.0 Å². The minimum absolute atomic E-state index is 0.00374. The summed E-state index contributed by atoms with van der Waals surface area (Å²) < 4.78 is 0. The number of hydrogen-bond donors (Lipinski definition) is 1. The van der Waals surface area contributed by atoms with Crippen LogP contribution < -0.4 is 0 Å². The third-order valence-corrected chi connectivity index (χ3v) is 2.13. The second-order valence-corrected chi connectivity index (χ2v) is 4.11. The third kappa shape index (κ3) is 3.81. The Morgan fingerprint density at radius 1 is 1.35 bits per heavy atom. The van der Waals surface area contributed by atoms with Gasteiger partial charge in [-0.2, -0.15) is 0 Å². The van der Waals surface area contributed by atoms with Crippen LogP contribution in [0.2, 0.25) is 0 Å². The van der Waals surface area contributed by atoms with Crippen LogP contribution in [0.3, 0.4) is 0 Å². The van der Waals surface area contributed by atoms with Crippen molar-refractivity contribution in [3.8, 4) is 0 Å². The summed E-state index contributed by atoms with van der Waals surface area (Å²) in [4.78, 5) is 21.3. The highest BCUT2D eigenvalue weighted by atomic mass is 16.6. The maximum Gasteiger partial charge on any atom is 0.269 e. The molecule has 0 bridgehead atoms. The molecule has 0 aliphatic rings. The number of rotatable bonds is 4. The summed E-state index contributed by atoms with van der Waals surface area (Å²) in [6.07, 6.45) is 2.76. The lowest BCUT2D eigenvalue weighted by molar-refractivity contribution is -0.384. The van der Waals surface area contributed by atoms with E-state index in [1.165, 1.54) is 50.3 Å². The van der Waals surface area contributed by atoms with Gasteiger partial charge < -0.3 is 5.11 Å². The average molecular weight is 235 g/mol. The number of nitro groups is 1. The lowest BCUT2D eigenvalue weighted by Crippen LogP contribution is -2.29. The summed E-state index contributed by atoms with van der Waals surface area (Å²) in [5.41, 5.74) is -0.749. The number of carbonyl (C=O) groups excluding carboxylic acids is 1. The van der Waals surface area contributed by atoms with Gasteiger partial charge in [-0.15, -0.1) is 0 Å². The number of benzene rings is 1. The molecule has 5 nitrogen and oxygen atoms in total. The Kier molecular flexibility index (Phi) is 3.75. The average Bonchev–Trinajstić information content (AvgIpc) is 2.25. The quantitative estimate of drug-likeness (QED) is 0.491. The van der Waals surface area contributed by atoms with E-state index in [2.05, 4.69) is 0 Å². The van der Waals surface area contributed by atoms with Crippen molar-refractivity contribution in [2.24, 2.45) is 0 Å². The molecule has 0 saturated carbocycles. The first-order chi connectivity index (χ1) is 7.80. The van der Waals surface area contributed by atoms with Gasteiger partial charge in [0, 0.05) is 12.1 Å². The van der Waals surface area contributed by atoms with Crippen LogP contribution in [0.25, 0.3) is 6.08 Å². The number of carbonyl (C=O) groups is 1. The Hall–Kier alpha value is -2.01. The monoisotopic (exact) mass is 235 g/mol. The molecule has 0 radical (unpaired) electrons. The van der Waals surface area contributed by atoms with Crippen LogP contribution in [0.1, 0.15) is 19.4 Å². The van der Waals surface area contributed by atoms with Crippen LogP contribution in [-0.2, 0) is 4.79 Å². The molecular weight excluding hydrogens is 222 g/mol. The molecule has 1 aromatic carbocycles. The topological polar surface area (TPSA) is 80.4 Å². The van der Waals surface area contributed by atoms with E-state index >= 15 is 0 Å². The van der Waals surface area contributed by atoms with Gasteiger partial charge in [-0.1, -0.05) is 6.08 Å². The van der Waals surface area contributed by atoms with E-state index in [0.29, 0.717) is 5.56 Å². The summed E-state index contributed by atoms with van der Waals surface area (Å²) in [6, 6.07) is 5.78. The highest BCUT2D eigenvalue weighted by Crippen LogP contribution is 2.13. The molecule has 90 valence electrons. The molecule has 1 rings (SSSR count). The van der Waals surface area contributed by atoms with Crippen LogP contribution in [0.15, 0.2) is 30.3 Å². The molecule has 1 N–H and O–H groups in total. The summed E-state index contributed by atoms with van der Waals surface area (Å²) in [6.45, 7) is 2.80. The van der Waals surface area contributed by atoms with Gasteiger partial charge in [0.15, 0.2) is 5.78 Å². The first-order valence-electron chi connectivity index (χ1n) is 5.00. The van der Waals surface area contributed by atoms with Crippen LogP contribution in [-0.4, -0.2) is 21.4 Å². The van der Waals surface area contributed by atoms with Gasteiger partial charge in [0.25, 0.3) is 5.69 Å². The SMILES string of the molecule is CC(C)(O)C(=O)/C=C/c1ccc([N+](=O)[O-])cc1. The van der Waals surface area contributed by atoms with Gasteiger partial charge in [-0.25, -0.2) is 0 Å². The molecule has 0 heterocycles. The van der Waals surface area contributed by atoms with E-state index in [4.69, 9.17) is 0 Å². The molecule has 0 amide bonds. The van der Waals surface area contributed by atoms with Crippen molar-refractivity contribution in [3.05, 3.63) is 46.0 Å². The number of ketones is 1. The zero-order valence-electron chi connectivity index (χ0n) is 9.58. The van der Waals surface area contributed by atoms with Crippen LogP contribution >= 0.6 is 0 Å². The summed E-state index contributed by atoms with van der Waals surface area (Å²) >= 11 is 0. The van der Waals surface area contributed by atoms with E-state index in [0.717, 1.165) is 0 Å². The van der Waals surface area contributed by atoms with Gasteiger partial charge in [-0.05, 0) is 37.6 Å². The Morgan fingerprint density at radius 3 is 2.29 bits per heavy atom. The van der Waals surface area contributed by atoms with Gasteiger partial charge in [0.1, 0.15) is 5.60 Å². The number of hydrogen-bond acceptors (Lipinski definition) is 4. The fraction of sp³-hybridized carbons (Fsp3) is 0.250. The molecule has 0 aliphatic heterocycles. The predicted molar refractivity (Wildman–Crippen MR) is 63.4 cm³/mol. The first-order valence-corrected chi connectivity index (χ1v) is 5.00. The standard InChI is InChI=1S/C12H13NO4/c1-12(2,15)11(14)8-5-9-3-6-10(7-4-9)13(16)17/h3-8,15H,1-2H3/b8-5+. The second-order valence-electron chi connectivity index (χ2n) is 4.11. The highest BCUT2D eigenvalue weighted by molar-refractivity contribution is 5.99. The van der Waals surface area contributed by atoms with Crippen molar-refractivity contribution in [1.82, 2.24) is 0 Å². The van der Waals surface area contributed by atoms with Crippen LogP contribution in [0, 0.1) is 10.1 Å². The molecule has 0 aliphatic carbocycles. The van der Waals surface area contributed by atoms with Crippen molar-refractivity contribution in [2.75, 3.05) is 0 Å². The van der Waals surface area contributed by atoms with Crippen LogP contribution in [0.4, 0.5) is 5.69 Å². The predicted octanol–water partition coefficient (Wildman–Crippen LogP) is 1.95. The molecule has 0 unspecified atom stereocenters. The van der Waals surface area contributed by atoms with Gasteiger partial charge in [0.05, 0.1) is 4.92 Å². The Balaban J connectivity index is 2.80. The second kappa shape index (κ2) is 4.88. The highest BCUT2D eigenvalue weighted by Gasteiger charge is 2.20. The van der Waals surface area contributed by atoms with E-state index in [1.54, 1.807) is 0 Å². The van der Waals surface area contributed by atoms with Gasteiger partial charge in [-0.3, -0.25) is 14.9 Å². The van der Waals surface area contributed by atoms with Crippen LogP contribution in [0.5, 0.6) is 0 Å². The van der Waals surface area contributed by atoms with Crippen molar-refractivity contribution in [1.29, 1.82) is 0 Å². The van der Waals surface area contributed by atoms with Crippen molar-refractivity contribution in [2.45, 2.75) is 19.4 Å². The summed E-state index contributed by atoms with van der Waals surface area (Å²) in [5.74, 6) is -0.421. The van der Waals surface area contributed by atoms with Crippen molar-refractivity contribution in [3.63, 3.8) is 0 Å². The first kappa shape index (κ1) is 13.1. The van der Waals surface area contributed by atoms with E-state index in [1.807, 2.05) is 0 Å². The zero-order chi connectivity index (χ0) is 13.1. The fourth-order valence-electron chi connectivity index (χ4n) is 1.08. The molecule has 0 saturated heterocycles. The number of nitro benzene ring substituents is 1. The smallest absolute Gasteiger partial charge is 0.269 e. The molecule has 0 atom stereocenters. The fourth-order valence-corrected chi connectivity index (χ4v) is 1.08. The lowest BCUT2D eigenvalue weighted by atomic mass is 10.0. The minimum atomic E-state index is -1.41. The van der Waals surface area contributed by atoms with Gasteiger partial charge in [0.2, 0.25) is 0 Å². The van der Waals surface area contributed by atoms with Gasteiger partial charge >= 0.3 is 0 Å². The summed E-state index contributed by atoms with van der Waals surface area (Å²) in [5, 5.41) is 19.8.